The van der Waals surface area contributed by atoms with Crippen LogP contribution in [0.25, 0.3) is 0 Å². The van der Waals surface area contributed by atoms with Crippen LogP contribution < -0.4 is 10.1 Å². The van der Waals surface area contributed by atoms with Gasteiger partial charge in [-0.1, -0.05) is 48.5 Å². The van der Waals surface area contributed by atoms with Crippen molar-refractivity contribution in [3.05, 3.63) is 65.7 Å². The van der Waals surface area contributed by atoms with E-state index in [2.05, 4.69) is 5.32 Å². The summed E-state index contributed by atoms with van der Waals surface area (Å²) >= 11 is 0. The molecule has 0 spiro atoms. The number of hydrogen-bond donors (Lipinski definition) is 2. The van der Waals surface area contributed by atoms with Gasteiger partial charge in [0.1, 0.15) is 5.75 Å². The van der Waals surface area contributed by atoms with Crippen molar-refractivity contribution in [2.75, 3.05) is 13.7 Å². The Labute approximate surface area is 137 Å². The van der Waals surface area contributed by atoms with Gasteiger partial charge in [-0.15, -0.1) is 0 Å². The van der Waals surface area contributed by atoms with E-state index in [1.54, 1.807) is 19.2 Å². The normalized spacial score (nSPS) is 12.5. The van der Waals surface area contributed by atoms with Crippen LogP contribution in [0.4, 0.5) is 0 Å². The van der Waals surface area contributed by atoms with Gasteiger partial charge in [-0.05, 0) is 25.5 Å². The zero-order valence-electron chi connectivity index (χ0n) is 13.7. The SMILES string of the molecule is COc1ccccc1[C@H](O)CNC(=O)C(C)(C)c1ccccc1. The van der Waals surface area contributed by atoms with Crippen molar-refractivity contribution in [2.45, 2.75) is 25.4 Å². The molecule has 0 radical (unpaired) electrons. The molecule has 2 N–H and O–H groups in total. The summed E-state index contributed by atoms with van der Waals surface area (Å²) in [5, 5.41) is 13.1. The molecule has 2 aromatic carbocycles. The summed E-state index contributed by atoms with van der Waals surface area (Å²) in [4.78, 5) is 12.5. The number of benzene rings is 2. The zero-order valence-corrected chi connectivity index (χ0v) is 13.7. The van der Waals surface area contributed by atoms with E-state index in [1.165, 1.54) is 0 Å². The molecule has 0 bridgehead atoms. The van der Waals surface area contributed by atoms with E-state index in [-0.39, 0.29) is 12.5 Å². The summed E-state index contributed by atoms with van der Waals surface area (Å²) in [5.41, 5.74) is 0.930. The highest BCUT2D eigenvalue weighted by Crippen LogP contribution is 2.26. The van der Waals surface area contributed by atoms with Gasteiger partial charge in [0.25, 0.3) is 0 Å². The Morgan fingerprint density at radius 1 is 1.13 bits per heavy atom. The monoisotopic (exact) mass is 313 g/mol. The third-order valence-electron chi connectivity index (χ3n) is 4.02. The second-order valence-corrected chi connectivity index (χ2v) is 5.96. The first-order valence-corrected chi connectivity index (χ1v) is 7.61. The average molecular weight is 313 g/mol. The Morgan fingerprint density at radius 2 is 1.74 bits per heavy atom. The maximum absolute atomic E-state index is 12.5. The molecule has 4 heteroatoms. The van der Waals surface area contributed by atoms with E-state index in [1.807, 2.05) is 56.3 Å². The summed E-state index contributed by atoms with van der Waals surface area (Å²) in [6, 6.07) is 16.8. The van der Waals surface area contributed by atoms with E-state index in [0.717, 1.165) is 5.56 Å². The molecule has 2 aromatic rings. The minimum atomic E-state index is -0.818. The molecule has 0 unspecified atom stereocenters. The number of para-hydroxylation sites is 1. The van der Waals surface area contributed by atoms with E-state index in [0.29, 0.717) is 11.3 Å². The van der Waals surface area contributed by atoms with Crippen molar-refractivity contribution in [1.82, 2.24) is 5.32 Å². The maximum Gasteiger partial charge on any atom is 0.230 e. The minimum Gasteiger partial charge on any atom is -0.496 e. The number of methoxy groups -OCH3 is 1. The number of amides is 1. The molecule has 0 fully saturated rings. The molecule has 0 aliphatic rings. The van der Waals surface area contributed by atoms with Gasteiger partial charge in [-0.2, -0.15) is 0 Å². The van der Waals surface area contributed by atoms with Gasteiger partial charge in [0.05, 0.1) is 18.6 Å². The van der Waals surface area contributed by atoms with Crippen LogP contribution >= 0.6 is 0 Å². The molecule has 0 heterocycles. The summed E-state index contributed by atoms with van der Waals surface area (Å²) in [6.07, 6.45) is -0.818. The van der Waals surface area contributed by atoms with Crippen LogP contribution in [0.1, 0.15) is 31.1 Å². The highest BCUT2D eigenvalue weighted by atomic mass is 16.5. The quantitative estimate of drug-likeness (QED) is 0.862. The van der Waals surface area contributed by atoms with Crippen molar-refractivity contribution in [2.24, 2.45) is 0 Å². The molecule has 1 atom stereocenters. The summed E-state index contributed by atoms with van der Waals surface area (Å²) < 4.78 is 5.24. The van der Waals surface area contributed by atoms with E-state index in [4.69, 9.17) is 4.74 Å². The average Bonchev–Trinajstić information content (AvgIpc) is 2.59. The highest BCUT2D eigenvalue weighted by Gasteiger charge is 2.29. The number of carbonyl (C=O) groups is 1. The van der Waals surface area contributed by atoms with Crippen molar-refractivity contribution in [3.8, 4) is 5.75 Å². The number of aliphatic hydroxyl groups is 1. The molecule has 122 valence electrons. The third-order valence-corrected chi connectivity index (χ3v) is 4.02. The Bertz CT molecular complexity index is 653. The molecular weight excluding hydrogens is 290 g/mol. The predicted octanol–water partition coefficient (Wildman–Crippen LogP) is 2.82. The number of carbonyl (C=O) groups excluding carboxylic acids is 1. The van der Waals surface area contributed by atoms with Crippen LogP contribution in [0.5, 0.6) is 5.75 Å². The lowest BCUT2D eigenvalue weighted by Crippen LogP contribution is -2.41. The Hall–Kier alpha value is -2.33. The molecule has 0 aliphatic heterocycles. The molecule has 4 nitrogen and oxygen atoms in total. The van der Waals surface area contributed by atoms with E-state index >= 15 is 0 Å². The number of hydrogen-bond acceptors (Lipinski definition) is 3. The second-order valence-electron chi connectivity index (χ2n) is 5.96. The van der Waals surface area contributed by atoms with Crippen LogP contribution in [-0.2, 0) is 10.2 Å². The summed E-state index contributed by atoms with van der Waals surface area (Å²) in [6.45, 7) is 3.87. The van der Waals surface area contributed by atoms with Crippen LogP contribution in [-0.4, -0.2) is 24.7 Å². The molecular formula is C19H23NO3. The Morgan fingerprint density at radius 3 is 2.39 bits per heavy atom. The van der Waals surface area contributed by atoms with Crippen LogP contribution in [0.3, 0.4) is 0 Å². The molecule has 1 amide bonds. The first kappa shape index (κ1) is 17.0. The van der Waals surface area contributed by atoms with Crippen molar-refractivity contribution in [3.63, 3.8) is 0 Å². The lowest BCUT2D eigenvalue weighted by atomic mass is 9.83. The summed E-state index contributed by atoms with van der Waals surface area (Å²) in [5.74, 6) is 0.481. The third kappa shape index (κ3) is 3.90. The van der Waals surface area contributed by atoms with Crippen LogP contribution in [0, 0.1) is 0 Å². The maximum atomic E-state index is 12.5. The summed E-state index contributed by atoms with van der Waals surface area (Å²) in [7, 11) is 1.56. The lowest BCUT2D eigenvalue weighted by Gasteiger charge is -2.25. The number of rotatable bonds is 6. The van der Waals surface area contributed by atoms with E-state index in [9.17, 15) is 9.90 Å². The number of ether oxygens (including phenoxy) is 1. The Kier molecular flexibility index (Phi) is 5.40. The standard InChI is InChI=1S/C19H23NO3/c1-19(2,14-9-5-4-6-10-14)18(22)20-13-16(21)15-11-7-8-12-17(15)23-3/h4-12,16,21H,13H2,1-3H3,(H,20,22)/t16-/m1/s1. The molecule has 2 rings (SSSR count). The zero-order chi connectivity index (χ0) is 16.9. The van der Waals surface area contributed by atoms with Gasteiger partial charge in [-0.25, -0.2) is 0 Å². The molecule has 0 aliphatic carbocycles. The number of aliphatic hydroxyl groups excluding tert-OH is 1. The fourth-order valence-electron chi connectivity index (χ4n) is 2.45. The van der Waals surface area contributed by atoms with Gasteiger partial charge < -0.3 is 15.2 Å². The van der Waals surface area contributed by atoms with Gasteiger partial charge in [-0.3, -0.25) is 4.79 Å². The molecule has 23 heavy (non-hydrogen) atoms. The van der Waals surface area contributed by atoms with Gasteiger partial charge in [0.15, 0.2) is 0 Å². The molecule has 0 saturated heterocycles. The van der Waals surface area contributed by atoms with Gasteiger partial charge in [0.2, 0.25) is 5.91 Å². The van der Waals surface area contributed by atoms with Crippen molar-refractivity contribution in [1.29, 1.82) is 0 Å². The predicted molar refractivity (Wildman–Crippen MR) is 90.4 cm³/mol. The van der Waals surface area contributed by atoms with Crippen molar-refractivity contribution < 1.29 is 14.6 Å². The molecule has 0 saturated carbocycles. The van der Waals surface area contributed by atoms with Crippen LogP contribution in [0.2, 0.25) is 0 Å². The first-order valence-electron chi connectivity index (χ1n) is 7.61. The smallest absolute Gasteiger partial charge is 0.230 e. The Balaban J connectivity index is 2.04. The fourth-order valence-corrected chi connectivity index (χ4v) is 2.45. The topological polar surface area (TPSA) is 58.6 Å². The van der Waals surface area contributed by atoms with Gasteiger partial charge in [0, 0.05) is 12.1 Å². The van der Waals surface area contributed by atoms with Crippen molar-refractivity contribution >= 4 is 5.91 Å². The lowest BCUT2D eigenvalue weighted by molar-refractivity contribution is -0.126. The second kappa shape index (κ2) is 7.29. The minimum absolute atomic E-state index is 0.127. The van der Waals surface area contributed by atoms with E-state index < -0.39 is 11.5 Å². The molecule has 0 aromatic heterocycles. The van der Waals surface area contributed by atoms with Crippen LogP contribution in [0.15, 0.2) is 54.6 Å². The number of nitrogens with one attached hydrogen (secondary N) is 1. The highest BCUT2D eigenvalue weighted by molar-refractivity contribution is 5.87. The van der Waals surface area contributed by atoms with Gasteiger partial charge >= 0.3 is 0 Å². The largest absolute Gasteiger partial charge is 0.496 e. The fraction of sp³-hybridized carbons (Fsp3) is 0.316. The first-order chi connectivity index (χ1) is 11.0.